The number of aliphatic hydroxyl groups is 1. The van der Waals surface area contributed by atoms with E-state index in [-0.39, 0.29) is 11.6 Å². The first-order chi connectivity index (χ1) is 7.19. The predicted molar refractivity (Wildman–Crippen MR) is 57.2 cm³/mol. The van der Waals surface area contributed by atoms with Crippen LogP contribution in [0.5, 0.6) is 0 Å². The highest BCUT2D eigenvalue weighted by molar-refractivity contribution is 5.80. The van der Waals surface area contributed by atoms with Crippen LogP contribution in [-0.4, -0.2) is 21.2 Å². The number of hydrogen-bond donors (Lipinski definition) is 3. The predicted octanol–water partition coefficient (Wildman–Crippen LogP) is 0.872. The third kappa shape index (κ3) is 1.19. The zero-order valence-electron chi connectivity index (χ0n) is 8.27. The molecule has 0 radical (unpaired) electrons. The fraction of sp³-hybridized carbons (Fsp3) is 0.364. The minimum Gasteiger partial charge on any atom is -0.393 e. The second kappa shape index (κ2) is 2.81. The van der Waals surface area contributed by atoms with Crippen molar-refractivity contribution in [2.45, 2.75) is 24.5 Å². The highest BCUT2D eigenvalue weighted by Gasteiger charge is 2.42. The number of hydrogen-bond acceptors (Lipinski definition) is 3. The van der Waals surface area contributed by atoms with Crippen molar-refractivity contribution in [2.24, 2.45) is 5.73 Å². The van der Waals surface area contributed by atoms with Crippen molar-refractivity contribution < 1.29 is 5.11 Å². The number of rotatable bonds is 1. The molecule has 0 aromatic carbocycles. The zero-order valence-corrected chi connectivity index (χ0v) is 8.27. The lowest BCUT2D eigenvalue weighted by molar-refractivity contribution is 0.0217. The fourth-order valence-electron chi connectivity index (χ4n) is 2.37. The molecule has 0 atom stereocenters. The maximum atomic E-state index is 9.35. The molecular weight excluding hydrogens is 190 g/mol. The Kier molecular flexibility index (Phi) is 1.66. The van der Waals surface area contributed by atoms with Crippen molar-refractivity contribution in [3.63, 3.8) is 0 Å². The molecule has 0 spiro atoms. The number of nitrogens with zero attached hydrogens (tertiary/aromatic N) is 1. The van der Waals surface area contributed by atoms with Gasteiger partial charge in [-0.15, -0.1) is 0 Å². The Morgan fingerprint density at radius 2 is 2.33 bits per heavy atom. The van der Waals surface area contributed by atoms with E-state index in [4.69, 9.17) is 5.73 Å². The van der Waals surface area contributed by atoms with Gasteiger partial charge in [0.1, 0.15) is 5.65 Å². The summed E-state index contributed by atoms with van der Waals surface area (Å²) in [6.07, 6.45) is 4.67. The van der Waals surface area contributed by atoms with Gasteiger partial charge < -0.3 is 15.8 Å². The topological polar surface area (TPSA) is 74.9 Å². The quantitative estimate of drug-likeness (QED) is 0.643. The SMILES string of the molecule is NC1(c2c[nH]c3ncccc23)CC(O)C1. The molecule has 0 bridgehead atoms. The minimum atomic E-state index is -0.374. The van der Waals surface area contributed by atoms with Crippen molar-refractivity contribution in [1.82, 2.24) is 9.97 Å². The van der Waals surface area contributed by atoms with Gasteiger partial charge in [0.15, 0.2) is 0 Å². The van der Waals surface area contributed by atoms with Crippen molar-refractivity contribution in [1.29, 1.82) is 0 Å². The third-order valence-electron chi connectivity index (χ3n) is 3.19. The summed E-state index contributed by atoms with van der Waals surface area (Å²) in [5.41, 5.74) is 7.77. The van der Waals surface area contributed by atoms with Gasteiger partial charge in [-0.3, -0.25) is 0 Å². The lowest BCUT2D eigenvalue weighted by Gasteiger charge is -2.42. The van der Waals surface area contributed by atoms with Crippen LogP contribution in [0.15, 0.2) is 24.5 Å². The largest absolute Gasteiger partial charge is 0.393 e. The second-order valence-electron chi connectivity index (χ2n) is 4.32. The van der Waals surface area contributed by atoms with E-state index in [1.807, 2.05) is 18.3 Å². The number of aliphatic hydroxyl groups excluding tert-OH is 1. The number of aromatic nitrogens is 2. The first-order valence-corrected chi connectivity index (χ1v) is 5.08. The molecule has 0 amide bonds. The van der Waals surface area contributed by atoms with Crippen LogP contribution in [0.1, 0.15) is 18.4 Å². The van der Waals surface area contributed by atoms with Gasteiger partial charge in [-0.1, -0.05) is 0 Å². The number of fused-ring (bicyclic) bond motifs is 1. The summed E-state index contributed by atoms with van der Waals surface area (Å²) in [5.74, 6) is 0. The molecule has 4 heteroatoms. The average molecular weight is 203 g/mol. The normalized spacial score (nSPS) is 30.4. The van der Waals surface area contributed by atoms with Crippen LogP contribution < -0.4 is 5.73 Å². The van der Waals surface area contributed by atoms with Gasteiger partial charge in [-0.2, -0.15) is 0 Å². The highest BCUT2D eigenvalue weighted by atomic mass is 16.3. The molecule has 0 aliphatic heterocycles. The van der Waals surface area contributed by atoms with E-state index in [1.165, 1.54) is 0 Å². The highest BCUT2D eigenvalue weighted by Crippen LogP contribution is 2.41. The number of aromatic amines is 1. The van der Waals surface area contributed by atoms with Gasteiger partial charge in [0.2, 0.25) is 0 Å². The Morgan fingerprint density at radius 1 is 1.53 bits per heavy atom. The van der Waals surface area contributed by atoms with Crippen LogP contribution in [0.25, 0.3) is 11.0 Å². The molecule has 1 aliphatic rings. The van der Waals surface area contributed by atoms with Gasteiger partial charge >= 0.3 is 0 Å². The standard InChI is InChI=1S/C11H13N3O/c12-11(4-7(15)5-11)9-6-14-10-8(9)2-1-3-13-10/h1-3,6-7,15H,4-5,12H2,(H,13,14). The molecular formula is C11H13N3O. The average Bonchev–Trinajstić information content (AvgIpc) is 2.59. The summed E-state index contributed by atoms with van der Waals surface area (Å²) in [4.78, 5) is 7.32. The number of pyridine rings is 1. The molecule has 3 rings (SSSR count). The molecule has 0 saturated heterocycles. The summed E-state index contributed by atoms with van der Waals surface area (Å²) in [6, 6.07) is 3.91. The van der Waals surface area contributed by atoms with E-state index < -0.39 is 0 Å². The van der Waals surface area contributed by atoms with Crippen molar-refractivity contribution in [2.75, 3.05) is 0 Å². The summed E-state index contributed by atoms with van der Waals surface area (Å²) >= 11 is 0. The first kappa shape index (κ1) is 8.88. The number of nitrogens with two attached hydrogens (primary N) is 1. The lowest BCUT2D eigenvalue weighted by Crippen LogP contribution is -2.51. The third-order valence-corrected chi connectivity index (χ3v) is 3.19. The molecule has 2 heterocycles. The van der Waals surface area contributed by atoms with Crippen LogP contribution in [0.4, 0.5) is 0 Å². The summed E-state index contributed by atoms with van der Waals surface area (Å²) < 4.78 is 0. The lowest BCUT2D eigenvalue weighted by atomic mass is 9.71. The van der Waals surface area contributed by atoms with Gasteiger partial charge in [-0.25, -0.2) is 4.98 Å². The van der Waals surface area contributed by atoms with Crippen LogP contribution >= 0.6 is 0 Å². The Hall–Kier alpha value is -1.39. The van der Waals surface area contributed by atoms with E-state index in [9.17, 15) is 5.11 Å². The first-order valence-electron chi connectivity index (χ1n) is 5.08. The minimum absolute atomic E-state index is 0.253. The molecule has 1 aliphatic carbocycles. The molecule has 15 heavy (non-hydrogen) atoms. The van der Waals surface area contributed by atoms with E-state index >= 15 is 0 Å². The molecule has 78 valence electrons. The van der Waals surface area contributed by atoms with Crippen molar-refractivity contribution in [3.05, 3.63) is 30.1 Å². The van der Waals surface area contributed by atoms with E-state index in [0.717, 1.165) is 16.6 Å². The Balaban J connectivity index is 2.12. The fourth-order valence-corrected chi connectivity index (χ4v) is 2.37. The Labute approximate surface area is 87.1 Å². The summed E-state index contributed by atoms with van der Waals surface area (Å²) in [5, 5.41) is 10.4. The molecule has 1 saturated carbocycles. The molecule has 4 N–H and O–H groups in total. The van der Waals surface area contributed by atoms with Crippen LogP contribution in [0, 0.1) is 0 Å². The summed E-state index contributed by atoms with van der Waals surface area (Å²) in [7, 11) is 0. The van der Waals surface area contributed by atoms with Crippen LogP contribution in [0.3, 0.4) is 0 Å². The van der Waals surface area contributed by atoms with Gasteiger partial charge in [0.05, 0.1) is 6.10 Å². The Morgan fingerprint density at radius 3 is 3.07 bits per heavy atom. The molecule has 2 aromatic heterocycles. The van der Waals surface area contributed by atoms with E-state index in [1.54, 1.807) is 6.20 Å². The van der Waals surface area contributed by atoms with E-state index in [2.05, 4.69) is 9.97 Å². The van der Waals surface area contributed by atoms with Gasteiger partial charge in [0, 0.05) is 23.3 Å². The van der Waals surface area contributed by atoms with Crippen LogP contribution in [0.2, 0.25) is 0 Å². The Bertz CT molecular complexity index is 499. The number of H-pyrrole nitrogens is 1. The molecule has 1 fully saturated rings. The van der Waals surface area contributed by atoms with Gasteiger partial charge in [-0.05, 0) is 30.5 Å². The maximum absolute atomic E-state index is 9.35. The molecule has 2 aromatic rings. The zero-order chi connectivity index (χ0) is 10.5. The smallest absolute Gasteiger partial charge is 0.137 e. The summed E-state index contributed by atoms with van der Waals surface area (Å²) in [6.45, 7) is 0. The monoisotopic (exact) mass is 203 g/mol. The maximum Gasteiger partial charge on any atom is 0.137 e. The van der Waals surface area contributed by atoms with E-state index in [0.29, 0.717) is 12.8 Å². The van der Waals surface area contributed by atoms with Crippen LogP contribution in [-0.2, 0) is 5.54 Å². The van der Waals surface area contributed by atoms with Gasteiger partial charge in [0.25, 0.3) is 0 Å². The molecule has 4 nitrogen and oxygen atoms in total. The van der Waals surface area contributed by atoms with Crippen molar-refractivity contribution >= 4 is 11.0 Å². The second-order valence-corrected chi connectivity index (χ2v) is 4.32. The number of nitrogens with one attached hydrogen (secondary N) is 1. The van der Waals surface area contributed by atoms with Crippen molar-refractivity contribution in [3.8, 4) is 0 Å². The molecule has 0 unspecified atom stereocenters.